The lowest BCUT2D eigenvalue weighted by molar-refractivity contribution is 0.537. The summed E-state index contributed by atoms with van der Waals surface area (Å²) in [6.45, 7) is 11.1. The second-order valence-electron chi connectivity index (χ2n) is 6.59. The molecule has 7 heteroatoms. The van der Waals surface area contributed by atoms with Gasteiger partial charge in [-0.15, -0.1) is 0 Å². The SMILES string of the molecule is [C-]#[N+]c1ccc(-c2cc(N)nn2-c2ccc3nn(C(C)C)cc3c2)cc1F. The van der Waals surface area contributed by atoms with Gasteiger partial charge in [-0.05, 0) is 38.1 Å². The Morgan fingerprint density at radius 1 is 1.11 bits per heavy atom. The van der Waals surface area contributed by atoms with Crippen LogP contribution < -0.4 is 5.73 Å². The fourth-order valence-corrected chi connectivity index (χ4v) is 2.99. The molecule has 6 nitrogen and oxygen atoms in total. The van der Waals surface area contributed by atoms with Gasteiger partial charge in [0, 0.05) is 29.3 Å². The second kappa shape index (κ2) is 6.25. The first-order chi connectivity index (χ1) is 13.0. The lowest BCUT2D eigenvalue weighted by Gasteiger charge is -2.08. The van der Waals surface area contributed by atoms with Gasteiger partial charge < -0.3 is 5.73 Å². The lowest BCUT2D eigenvalue weighted by atomic mass is 10.1. The van der Waals surface area contributed by atoms with E-state index in [9.17, 15) is 4.39 Å². The van der Waals surface area contributed by atoms with Crippen LogP contribution in [-0.2, 0) is 0 Å². The predicted octanol–water partition coefficient (Wildman–Crippen LogP) is 4.74. The van der Waals surface area contributed by atoms with Crippen LogP contribution in [0.2, 0.25) is 0 Å². The van der Waals surface area contributed by atoms with Crippen molar-refractivity contribution in [3.8, 4) is 16.9 Å². The third kappa shape index (κ3) is 2.91. The Morgan fingerprint density at radius 2 is 1.93 bits per heavy atom. The molecule has 2 aromatic heterocycles. The Balaban J connectivity index is 1.84. The summed E-state index contributed by atoms with van der Waals surface area (Å²) in [4.78, 5) is 3.16. The van der Waals surface area contributed by atoms with Gasteiger partial charge in [-0.2, -0.15) is 10.2 Å². The van der Waals surface area contributed by atoms with Crippen LogP contribution in [0, 0.1) is 12.4 Å². The van der Waals surface area contributed by atoms with Gasteiger partial charge in [0.1, 0.15) is 11.6 Å². The molecule has 0 saturated heterocycles. The number of hydrogen-bond acceptors (Lipinski definition) is 3. The van der Waals surface area contributed by atoms with Crippen LogP contribution in [-0.4, -0.2) is 19.6 Å². The highest BCUT2D eigenvalue weighted by molar-refractivity contribution is 5.81. The van der Waals surface area contributed by atoms with Gasteiger partial charge in [-0.1, -0.05) is 12.1 Å². The highest BCUT2D eigenvalue weighted by atomic mass is 19.1. The molecule has 4 aromatic rings. The monoisotopic (exact) mass is 360 g/mol. The summed E-state index contributed by atoms with van der Waals surface area (Å²) in [5, 5.41) is 9.89. The number of rotatable bonds is 3. The topological polar surface area (TPSA) is 66.0 Å². The maximum atomic E-state index is 14.1. The number of anilines is 1. The highest BCUT2D eigenvalue weighted by Gasteiger charge is 2.14. The molecule has 0 spiro atoms. The summed E-state index contributed by atoms with van der Waals surface area (Å²) >= 11 is 0. The van der Waals surface area contributed by atoms with E-state index >= 15 is 0 Å². The van der Waals surface area contributed by atoms with E-state index < -0.39 is 5.82 Å². The Labute approximate surface area is 155 Å². The zero-order chi connectivity index (χ0) is 19.1. The molecule has 0 atom stereocenters. The van der Waals surface area contributed by atoms with Gasteiger partial charge in [0.05, 0.1) is 23.5 Å². The van der Waals surface area contributed by atoms with Crippen molar-refractivity contribution in [3.63, 3.8) is 0 Å². The zero-order valence-corrected chi connectivity index (χ0v) is 14.9. The first kappa shape index (κ1) is 16.8. The maximum Gasteiger partial charge on any atom is 0.222 e. The fraction of sp³-hybridized carbons (Fsp3) is 0.150. The standard InChI is InChI=1S/C20H17FN6/c1-12(2)26-11-14-8-15(5-7-17(14)24-26)27-19(10-20(22)25-27)13-4-6-18(23-3)16(21)9-13/h4-12H,1-2H3,(H2,22,25). The summed E-state index contributed by atoms with van der Waals surface area (Å²) in [5.74, 6) is -0.236. The first-order valence-corrected chi connectivity index (χ1v) is 8.48. The average molecular weight is 360 g/mol. The number of halogens is 1. The summed E-state index contributed by atoms with van der Waals surface area (Å²) < 4.78 is 17.7. The van der Waals surface area contributed by atoms with Crippen molar-refractivity contribution in [2.45, 2.75) is 19.9 Å². The van der Waals surface area contributed by atoms with Crippen LogP contribution in [0.5, 0.6) is 0 Å². The third-order valence-corrected chi connectivity index (χ3v) is 4.37. The van der Waals surface area contributed by atoms with Gasteiger partial charge in [0.25, 0.3) is 0 Å². The third-order valence-electron chi connectivity index (χ3n) is 4.37. The van der Waals surface area contributed by atoms with E-state index in [0.717, 1.165) is 16.6 Å². The first-order valence-electron chi connectivity index (χ1n) is 8.48. The fourth-order valence-electron chi connectivity index (χ4n) is 2.99. The minimum Gasteiger partial charge on any atom is -0.382 e. The van der Waals surface area contributed by atoms with E-state index in [1.54, 1.807) is 16.8 Å². The van der Waals surface area contributed by atoms with E-state index in [-0.39, 0.29) is 11.7 Å². The Hall–Kier alpha value is -3.66. The van der Waals surface area contributed by atoms with Crippen molar-refractivity contribution < 1.29 is 4.39 Å². The number of benzene rings is 2. The molecule has 0 unspecified atom stereocenters. The van der Waals surface area contributed by atoms with Crippen LogP contribution in [0.15, 0.2) is 48.7 Å². The smallest absolute Gasteiger partial charge is 0.222 e. The number of nitrogens with zero attached hydrogens (tertiary/aromatic N) is 5. The summed E-state index contributed by atoms with van der Waals surface area (Å²) in [7, 11) is 0. The van der Waals surface area contributed by atoms with Gasteiger partial charge in [0.15, 0.2) is 0 Å². The molecule has 0 fully saturated rings. The molecule has 0 bridgehead atoms. The number of nitrogens with two attached hydrogens (primary N) is 1. The van der Waals surface area contributed by atoms with Crippen molar-refractivity contribution in [3.05, 3.63) is 65.9 Å². The normalized spacial score (nSPS) is 11.2. The van der Waals surface area contributed by atoms with Gasteiger partial charge in [0.2, 0.25) is 5.69 Å². The summed E-state index contributed by atoms with van der Waals surface area (Å²) in [6.07, 6.45) is 1.99. The molecular formula is C20H17FN6. The average Bonchev–Trinajstić information content (AvgIpc) is 3.24. The van der Waals surface area contributed by atoms with E-state index in [1.165, 1.54) is 12.1 Å². The van der Waals surface area contributed by atoms with E-state index in [4.69, 9.17) is 12.3 Å². The Kier molecular flexibility index (Phi) is 3.89. The number of hydrogen-bond donors (Lipinski definition) is 1. The van der Waals surface area contributed by atoms with Crippen LogP contribution in [0.4, 0.5) is 15.9 Å². The van der Waals surface area contributed by atoms with E-state index in [1.807, 2.05) is 29.1 Å². The minimum absolute atomic E-state index is 0.0136. The zero-order valence-electron chi connectivity index (χ0n) is 14.9. The second-order valence-corrected chi connectivity index (χ2v) is 6.59. The van der Waals surface area contributed by atoms with Crippen molar-refractivity contribution in [2.24, 2.45) is 0 Å². The van der Waals surface area contributed by atoms with Crippen molar-refractivity contribution in [1.82, 2.24) is 19.6 Å². The Morgan fingerprint density at radius 3 is 2.63 bits per heavy atom. The molecule has 0 saturated carbocycles. The van der Waals surface area contributed by atoms with Crippen LogP contribution in [0.3, 0.4) is 0 Å². The molecule has 0 aliphatic carbocycles. The highest BCUT2D eigenvalue weighted by Crippen LogP contribution is 2.30. The molecular weight excluding hydrogens is 343 g/mol. The molecule has 2 heterocycles. The van der Waals surface area contributed by atoms with Gasteiger partial charge in [-0.25, -0.2) is 13.9 Å². The van der Waals surface area contributed by atoms with Crippen LogP contribution in [0.1, 0.15) is 19.9 Å². The number of aromatic nitrogens is 4. The van der Waals surface area contributed by atoms with Gasteiger partial charge >= 0.3 is 0 Å². The molecule has 27 heavy (non-hydrogen) atoms. The molecule has 0 aliphatic heterocycles. The number of fused-ring (bicyclic) bond motifs is 1. The van der Waals surface area contributed by atoms with Crippen molar-refractivity contribution in [1.29, 1.82) is 0 Å². The number of nitrogen functional groups attached to an aromatic ring is 1. The largest absolute Gasteiger partial charge is 0.382 e. The summed E-state index contributed by atoms with van der Waals surface area (Å²) in [6, 6.07) is 12.2. The predicted molar refractivity (Wildman–Crippen MR) is 103 cm³/mol. The van der Waals surface area contributed by atoms with Crippen molar-refractivity contribution in [2.75, 3.05) is 5.73 Å². The van der Waals surface area contributed by atoms with Gasteiger partial charge in [-0.3, -0.25) is 4.68 Å². The molecule has 0 aliphatic rings. The quantitative estimate of drug-likeness (QED) is 0.537. The van der Waals surface area contributed by atoms with E-state index in [0.29, 0.717) is 17.1 Å². The molecule has 0 radical (unpaired) electrons. The molecule has 2 N–H and O–H groups in total. The molecule has 134 valence electrons. The Bertz CT molecular complexity index is 1200. The minimum atomic E-state index is -0.567. The van der Waals surface area contributed by atoms with Crippen LogP contribution >= 0.6 is 0 Å². The molecule has 4 rings (SSSR count). The maximum absolute atomic E-state index is 14.1. The molecule has 0 amide bonds. The van der Waals surface area contributed by atoms with Crippen LogP contribution in [0.25, 0.3) is 32.7 Å². The lowest BCUT2D eigenvalue weighted by Crippen LogP contribution is -2.00. The van der Waals surface area contributed by atoms with E-state index in [2.05, 4.69) is 28.9 Å². The summed E-state index contributed by atoms with van der Waals surface area (Å²) in [5.41, 5.74) is 8.84. The van der Waals surface area contributed by atoms with Crippen molar-refractivity contribution >= 4 is 22.4 Å². The molecule has 2 aromatic carbocycles.